The fourth-order valence-electron chi connectivity index (χ4n) is 2.61. The van der Waals surface area contributed by atoms with E-state index >= 15 is 0 Å². The van der Waals surface area contributed by atoms with E-state index in [1.165, 1.54) is 41.3 Å². The molecule has 2 rings (SSSR count). The molecule has 1 unspecified atom stereocenters. The fraction of sp³-hybridized carbons (Fsp3) is 0.786. The summed E-state index contributed by atoms with van der Waals surface area (Å²) in [6, 6.07) is 0. The summed E-state index contributed by atoms with van der Waals surface area (Å²) < 4.78 is 0. The van der Waals surface area contributed by atoms with Crippen molar-refractivity contribution in [3.8, 4) is 0 Å². The molecule has 2 N–H and O–H groups in total. The van der Waals surface area contributed by atoms with Crippen molar-refractivity contribution in [2.24, 2.45) is 17.1 Å². The first-order valence-electron chi connectivity index (χ1n) is 6.74. The number of nitrogens with two attached hydrogens (primary N) is 1. The Hall–Kier alpha value is -0.410. The van der Waals surface area contributed by atoms with Crippen LogP contribution in [-0.2, 0) is 19.3 Å². The van der Waals surface area contributed by atoms with Gasteiger partial charge >= 0.3 is 0 Å². The third-order valence-electron chi connectivity index (χ3n) is 4.36. The van der Waals surface area contributed by atoms with Gasteiger partial charge in [-0.3, -0.25) is 0 Å². The molecule has 0 amide bonds. The summed E-state index contributed by atoms with van der Waals surface area (Å²) in [7, 11) is 0. The minimum atomic E-state index is 0.468. The van der Waals surface area contributed by atoms with Gasteiger partial charge in [-0.1, -0.05) is 27.2 Å². The first kappa shape index (κ1) is 13.0. The summed E-state index contributed by atoms with van der Waals surface area (Å²) in [5.74, 6) is 0.825. The van der Waals surface area contributed by atoms with Gasteiger partial charge in [-0.2, -0.15) is 0 Å². The van der Waals surface area contributed by atoms with Crippen molar-refractivity contribution in [2.45, 2.75) is 52.9 Å². The predicted molar refractivity (Wildman–Crippen MR) is 74.5 cm³/mol. The van der Waals surface area contributed by atoms with E-state index in [-0.39, 0.29) is 0 Å². The van der Waals surface area contributed by atoms with Gasteiger partial charge in [-0.05, 0) is 37.1 Å². The van der Waals surface area contributed by atoms with Crippen molar-refractivity contribution in [3.05, 3.63) is 15.6 Å². The summed E-state index contributed by atoms with van der Waals surface area (Å²) in [6.07, 6.45) is 5.92. The van der Waals surface area contributed by atoms with E-state index in [0.717, 1.165) is 18.9 Å². The quantitative estimate of drug-likeness (QED) is 0.894. The smallest absolute Gasteiger partial charge is 0.0943 e. The second-order valence-corrected chi connectivity index (χ2v) is 6.97. The number of aryl methyl sites for hydroxylation is 1. The van der Waals surface area contributed by atoms with Crippen LogP contribution in [0.1, 0.15) is 49.2 Å². The SMILES string of the molecule is CCC(C)(C)C1CCc2nc(CCN)sc2C1. The monoisotopic (exact) mass is 252 g/mol. The second kappa shape index (κ2) is 5.07. The molecule has 0 saturated heterocycles. The summed E-state index contributed by atoms with van der Waals surface area (Å²) in [5.41, 5.74) is 7.43. The first-order chi connectivity index (χ1) is 8.06. The molecule has 1 aromatic heterocycles. The molecule has 1 aromatic rings. The van der Waals surface area contributed by atoms with Crippen molar-refractivity contribution in [1.29, 1.82) is 0 Å². The van der Waals surface area contributed by atoms with E-state index in [9.17, 15) is 0 Å². The van der Waals surface area contributed by atoms with Gasteiger partial charge < -0.3 is 5.73 Å². The predicted octanol–water partition coefficient (Wildman–Crippen LogP) is 3.19. The Morgan fingerprint density at radius 2 is 2.24 bits per heavy atom. The molecule has 2 nitrogen and oxygen atoms in total. The maximum Gasteiger partial charge on any atom is 0.0943 e. The van der Waals surface area contributed by atoms with Gasteiger partial charge in [0.25, 0.3) is 0 Å². The van der Waals surface area contributed by atoms with E-state index in [1.54, 1.807) is 0 Å². The highest BCUT2D eigenvalue weighted by atomic mass is 32.1. The lowest BCUT2D eigenvalue weighted by Gasteiger charge is -2.35. The Labute approximate surface area is 109 Å². The summed E-state index contributed by atoms with van der Waals surface area (Å²) in [5, 5.41) is 1.24. The zero-order chi connectivity index (χ0) is 12.5. The molecule has 96 valence electrons. The number of nitrogens with zero attached hydrogens (tertiary/aromatic N) is 1. The van der Waals surface area contributed by atoms with Gasteiger partial charge in [0.05, 0.1) is 10.7 Å². The van der Waals surface area contributed by atoms with Crippen molar-refractivity contribution < 1.29 is 0 Å². The lowest BCUT2D eigenvalue weighted by molar-refractivity contribution is 0.183. The van der Waals surface area contributed by atoms with E-state index < -0.39 is 0 Å². The Morgan fingerprint density at radius 3 is 2.88 bits per heavy atom. The van der Waals surface area contributed by atoms with Crippen LogP contribution in [0, 0.1) is 11.3 Å². The molecule has 0 fully saturated rings. The largest absolute Gasteiger partial charge is 0.330 e. The molecule has 0 bridgehead atoms. The minimum Gasteiger partial charge on any atom is -0.330 e. The molecule has 1 aliphatic rings. The molecule has 0 aliphatic heterocycles. The lowest BCUT2D eigenvalue weighted by Crippen LogP contribution is -2.28. The van der Waals surface area contributed by atoms with Gasteiger partial charge in [-0.15, -0.1) is 11.3 Å². The number of thiazole rings is 1. The molecular formula is C14H24N2S. The van der Waals surface area contributed by atoms with Crippen LogP contribution in [0.5, 0.6) is 0 Å². The third kappa shape index (κ3) is 2.71. The molecule has 0 aromatic carbocycles. The van der Waals surface area contributed by atoms with Gasteiger partial charge in [0.15, 0.2) is 0 Å². The van der Waals surface area contributed by atoms with Crippen LogP contribution in [0.3, 0.4) is 0 Å². The van der Waals surface area contributed by atoms with Crippen LogP contribution in [0.25, 0.3) is 0 Å². The number of rotatable bonds is 4. The van der Waals surface area contributed by atoms with Crippen LogP contribution >= 0.6 is 11.3 Å². The van der Waals surface area contributed by atoms with Crippen molar-refractivity contribution >= 4 is 11.3 Å². The van der Waals surface area contributed by atoms with E-state index in [2.05, 4.69) is 20.8 Å². The molecule has 3 heteroatoms. The highest BCUT2D eigenvalue weighted by Gasteiger charge is 2.32. The zero-order valence-electron chi connectivity index (χ0n) is 11.3. The number of aromatic nitrogens is 1. The fourth-order valence-corrected chi connectivity index (χ4v) is 3.82. The highest BCUT2D eigenvalue weighted by Crippen LogP contribution is 2.41. The van der Waals surface area contributed by atoms with Crippen LogP contribution in [0.2, 0.25) is 0 Å². The summed E-state index contributed by atoms with van der Waals surface area (Å²) in [6.45, 7) is 7.84. The molecule has 17 heavy (non-hydrogen) atoms. The van der Waals surface area contributed by atoms with Crippen molar-refractivity contribution in [1.82, 2.24) is 4.98 Å². The van der Waals surface area contributed by atoms with Gasteiger partial charge in [-0.25, -0.2) is 4.98 Å². The molecule has 0 radical (unpaired) electrons. The molecule has 0 spiro atoms. The van der Waals surface area contributed by atoms with E-state index in [4.69, 9.17) is 10.7 Å². The minimum absolute atomic E-state index is 0.468. The number of hydrogen-bond acceptors (Lipinski definition) is 3. The zero-order valence-corrected chi connectivity index (χ0v) is 12.1. The van der Waals surface area contributed by atoms with Crippen LogP contribution < -0.4 is 5.73 Å². The van der Waals surface area contributed by atoms with Gasteiger partial charge in [0.2, 0.25) is 0 Å². The Kier molecular flexibility index (Phi) is 3.88. The van der Waals surface area contributed by atoms with Crippen LogP contribution in [0.4, 0.5) is 0 Å². The molecule has 1 atom stereocenters. The van der Waals surface area contributed by atoms with Crippen LogP contribution in [0.15, 0.2) is 0 Å². The molecular weight excluding hydrogens is 228 g/mol. The van der Waals surface area contributed by atoms with E-state index in [0.29, 0.717) is 5.41 Å². The van der Waals surface area contributed by atoms with Crippen molar-refractivity contribution in [2.75, 3.05) is 6.54 Å². The molecule has 1 aliphatic carbocycles. The Morgan fingerprint density at radius 1 is 1.47 bits per heavy atom. The molecule has 0 saturated carbocycles. The molecule has 1 heterocycles. The normalized spacial score (nSPS) is 20.4. The van der Waals surface area contributed by atoms with Crippen LogP contribution in [-0.4, -0.2) is 11.5 Å². The van der Waals surface area contributed by atoms with Crippen molar-refractivity contribution in [3.63, 3.8) is 0 Å². The summed E-state index contributed by atoms with van der Waals surface area (Å²) in [4.78, 5) is 6.25. The standard InChI is InChI=1S/C14H24N2S/c1-4-14(2,3)10-5-6-11-12(9-10)17-13(16-11)7-8-15/h10H,4-9,15H2,1-3H3. The maximum absolute atomic E-state index is 5.60. The topological polar surface area (TPSA) is 38.9 Å². The number of hydrogen-bond donors (Lipinski definition) is 1. The second-order valence-electron chi connectivity index (χ2n) is 5.80. The van der Waals surface area contributed by atoms with Gasteiger partial charge in [0, 0.05) is 11.3 Å². The number of fused-ring (bicyclic) bond motifs is 1. The Balaban J connectivity index is 2.13. The van der Waals surface area contributed by atoms with Gasteiger partial charge in [0.1, 0.15) is 0 Å². The third-order valence-corrected chi connectivity index (χ3v) is 5.54. The lowest BCUT2D eigenvalue weighted by atomic mass is 9.70. The first-order valence-corrected chi connectivity index (χ1v) is 7.56. The maximum atomic E-state index is 5.60. The average Bonchev–Trinajstić information content (AvgIpc) is 2.70. The highest BCUT2D eigenvalue weighted by molar-refractivity contribution is 7.11. The summed E-state index contributed by atoms with van der Waals surface area (Å²) >= 11 is 1.90. The average molecular weight is 252 g/mol. The Bertz CT molecular complexity index is 382. The van der Waals surface area contributed by atoms with E-state index in [1.807, 2.05) is 11.3 Å².